The number of rotatable bonds is 3. The summed E-state index contributed by atoms with van der Waals surface area (Å²) in [6.45, 7) is 13.2. The molecule has 0 atom stereocenters. The first kappa shape index (κ1) is 30.2. The van der Waals surface area contributed by atoms with Crippen LogP contribution in [0.3, 0.4) is 0 Å². The van der Waals surface area contributed by atoms with Gasteiger partial charge in [0.15, 0.2) is 5.78 Å². The van der Waals surface area contributed by atoms with Crippen molar-refractivity contribution in [2.75, 3.05) is 0 Å². The Hall–Kier alpha value is -3.07. The van der Waals surface area contributed by atoms with E-state index in [0.717, 1.165) is 16.8 Å². The van der Waals surface area contributed by atoms with Gasteiger partial charge in [0.2, 0.25) is 0 Å². The summed E-state index contributed by atoms with van der Waals surface area (Å²) in [6.07, 6.45) is 1.33. The van der Waals surface area contributed by atoms with Gasteiger partial charge in [0.25, 0.3) is 0 Å². The van der Waals surface area contributed by atoms with Gasteiger partial charge in [-0.05, 0) is 29.6 Å². The minimum Gasteiger partial charge on any atom is -0.512 e. The van der Waals surface area contributed by atoms with Crippen LogP contribution in [0.4, 0.5) is 0 Å². The van der Waals surface area contributed by atoms with Crippen molar-refractivity contribution in [2.45, 2.75) is 48.5 Å². The van der Waals surface area contributed by atoms with Gasteiger partial charge in [-0.25, -0.2) is 0 Å². The number of carbonyl (C=O) groups excluding carboxylic acids is 1. The number of hydrogen-bond donors (Lipinski definition) is 1. The summed E-state index contributed by atoms with van der Waals surface area (Å²) in [5, 5.41) is 10.7. The fourth-order valence-corrected chi connectivity index (χ4v) is 3.46. The van der Waals surface area contributed by atoms with E-state index in [4.69, 9.17) is 4.98 Å². The summed E-state index contributed by atoms with van der Waals surface area (Å²) < 4.78 is 0. The molecular weight excluding hydrogens is 635 g/mol. The zero-order valence-corrected chi connectivity index (χ0v) is 25.1. The van der Waals surface area contributed by atoms with Gasteiger partial charge in [-0.2, -0.15) is 0 Å². The number of para-hydroxylation sites is 1. The maximum absolute atomic E-state index is 11.5. The maximum atomic E-state index is 11.5. The van der Waals surface area contributed by atoms with E-state index < -0.39 is 5.41 Å². The van der Waals surface area contributed by atoms with Gasteiger partial charge in [-0.15, -0.1) is 35.4 Å². The van der Waals surface area contributed by atoms with Gasteiger partial charge in [0, 0.05) is 37.0 Å². The molecule has 0 fully saturated rings. The van der Waals surface area contributed by atoms with Crippen LogP contribution in [0, 0.1) is 23.8 Å². The number of aliphatic hydroxyl groups is 1. The molecule has 0 aliphatic carbocycles. The molecule has 0 amide bonds. The average molecular weight is 671 g/mol. The summed E-state index contributed by atoms with van der Waals surface area (Å²) in [6, 6.07) is 30.4. The predicted octanol–water partition coefficient (Wildman–Crippen LogP) is 8.76. The van der Waals surface area contributed by atoms with Crippen molar-refractivity contribution in [3.05, 3.63) is 102 Å². The fourth-order valence-electron chi connectivity index (χ4n) is 3.46. The van der Waals surface area contributed by atoms with Gasteiger partial charge in [-0.3, -0.25) is 9.78 Å². The minimum absolute atomic E-state index is 0. The molecule has 4 rings (SSSR count). The third-order valence-electron chi connectivity index (χ3n) is 5.85. The van der Waals surface area contributed by atoms with E-state index in [1.165, 1.54) is 28.2 Å². The number of benzene rings is 3. The molecular formula is C33H36IrNO2-. The summed E-state index contributed by atoms with van der Waals surface area (Å²) in [4.78, 5) is 16.3. The van der Waals surface area contributed by atoms with E-state index in [1.807, 2.05) is 65.8 Å². The molecule has 37 heavy (non-hydrogen) atoms. The Morgan fingerprint density at radius 2 is 1.46 bits per heavy atom. The van der Waals surface area contributed by atoms with E-state index in [9.17, 15) is 9.90 Å². The minimum atomic E-state index is -0.417. The molecule has 195 valence electrons. The molecule has 0 bridgehead atoms. The summed E-state index contributed by atoms with van der Waals surface area (Å²) in [5.74, 6) is 0.104. The Bertz CT molecular complexity index is 1380. The molecule has 0 saturated carbocycles. The van der Waals surface area contributed by atoms with Crippen molar-refractivity contribution in [3.63, 3.8) is 0 Å². The van der Waals surface area contributed by atoms with Crippen LogP contribution in [0.15, 0.2) is 90.7 Å². The molecule has 0 spiro atoms. The number of fused-ring (bicyclic) bond motifs is 1. The van der Waals surface area contributed by atoms with Gasteiger partial charge >= 0.3 is 0 Å². The molecule has 0 aliphatic rings. The second kappa shape index (κ2) is 12.4. The fraction of sp³-hybridized carbons (Fsp3) is 0.273. The maximum Gasteiger partial charge on any atom is 0.164 e. The standard InChI is InChI=1S/C22H16N.C11H20O2.Ir/c1-16-14-19-10-5-6-13-21(19)23-22(16)20-12-7-11-18(15-20)17-8-3-2-4-9-17;1-10(2,3)8(12)7-9(13)11(4,5)6;/h2-11,13-15H,1H3;7,12H,1-6H3;/q-1;;. The molecule has 1 heterocycles. The molecule has 1 N–H and O–H groups in total. The number of aromatic nitrogens is 1. The first-order valence-corrected chi connectivity index (χ1v) is 12.3. The summed E-state index contributed by atoms with van der Waals surface area (Å²) in [5.41, 5.74) is 5.86. The van der Waals surface area contributed by atoms with Gasteiger partial charge in [-0.1, -0.05) is 102 Å². The monoisotopic (exact) mass is 671 g/mol. The summed E-state index contributed by atoms with van der Waals surface area (Å²) in [7, 11) is 0. The Morgan fingerprint density at radius 1 is 0.838 bits per heavy atom. The number of pyridine rings is 1. The normalized spacial score (nSPS) is 11.8. The van der Waals surface area contributed by atoms with Crippen molar-refractivity contribution >= 4 is 16.7 Å². The van der Waals surface area contributed by atoms with E-state index in [-0.39, 0.29) is 37.1 Å². The number of aryl methyl sites for hydroxylation is 1. The molecule has 4 heteroatoms. The third kappa shape index (κ3) is 8.21. The average Bonchev–Trinajstić information content (AvgIpc) is 2.83. The van der Waals surface area contributed by atoms with Crippen molar-refractivity contribution in [3.8, 4) is 22.4 Å². The number of allylic oxidation sites excluding steroid dienone is 2. The Morgan fingerprint density at radius 3 is 2.08 bits per heavy atom. The van der Waals surface area contributed by atoms with Crippen LogP contribution >= 0.6 is 0 Å². The van der Waals surface area contributed by atoms with Crippen LogP contribution in [0.2, 0.25) is 0 Å². The van der Waals surface area contributed by atoms with Crippen LogP contribution in [0.1, 0.15) is 47.1 Å². The number of aliphatic hydroxyl groups excluding tert-OH is 1. The van der Waals surface area contributed by atoms with Gasteiger partial charge in [0.1, 0.15) is 5.76 Å². The third-order valence-corrected chi connectivity index (χ3v) is 5.85. The van der Waals surface area contributed by atoms with E-state index in [2.05, 4.69) is 67.6 Å². The molecule has 4 aromatic rings. The Kier molecular flexibility index (Phi) is 10.1. The second-order valence-corrected chi connectivity index (χ2v) is 11.1. The molecule has 1 aromatic heterocycles. The zero-order valence-electron chi connectivity index (χ0n) is 22.7. The van der Waals surface area contributed by atoms with Gasteiger partial charge < -0.3 is 5.11 Å². The van der Waals surface area contributed by atoms with Crippen LogP contribution in [-0.4, -0.2) is 15.9 Å². The van der Waals surface area contributed by atoms with E-state index >= 15 is 0 Å². The smallest absolute Gasteiger partial charge is 0.164 e. The molecule has 1 radical (unpaired) electrons. The molecule has 3 aromatic carbocycles. The quantitative estimate of drug-likeness (QED) is 0.135. The number of hydrogen-bond acceptors (Lipinski definition) is 3. The second-order valence-electron chi connectivity index (χ2n) is 11.1. The predicted molar refractivity (Wildman–Crippen MR) is 151 cm³/mol. The van der Waals surface area contributed by atoms with Crippen LogP contribution in [0.25, 0.3) is 33.3 Å². The van der Waals surface area contributed by atoms with Crippen molar-refractivity contribution in [1.29, 1.82) is 0 Å². The van der Waals surface area contributed by atoms with Crippen LogP contribution < -0.4 is 0 Å². The van der Waals surface area contributed by atoms with Crippen molar-refractivity contribution < 1.29 is 30.0 Å². The van der Waals surface area contributed by atoms with Crippen molar-refractivity contribution in [1.82, 2.24) is 4.98 Å². The first-order valence-electron chi connectivity index (χ1n) is 12.3. The van der Waals surface area contributed by atoms with Crippen LogP contribution in [-0.2, 0) is 24.9 Å². The molecule has 0 saturated heterocycles. The van der Waals surface area contributed by atoms with Crippen LogP contribution in [0.5, 0.6) is 0 Å². The van der Waals surface area contributed by atoms with E-state index in [0.29, 0.717) is 0 Å². The Labute approximate surface area is 235 Å². The topological polar surface area (TPSA) is 50.2 Å². The van der Waals surface area contributed by atoms with E-state index in [1.54, 1.807) is 0 Å². The van der Waals surface area contributed by atoms with Gasteiger partial charge in [0.05, 0.1) is 5.52 Å². The SMILES string of the molecule is CC(C)(C)C(=O)C=C(O)C(C)(C)C.Cc1cc2ccccc2nc1-c1[c-]ccc(-c2ccccc2)c1.[Ir]. The molecule has 3 nitrogen and oxygen atoms in total. The number of carbonyl (C=O) groups is 1. The van der Waals surface area contributed by atoms with Crippen molar-refractivity contribution in [2.24, 2.45) is 10.8 Å². The zero-order chi connectivity index (χ0) is 26.5. The molecule has 0 aliphatic heterocycles. The number of ketones is 1. The Balaban J connectivity index is 0.000000299. The first-order chi connectivity index (χ1) is 16.9. The summed E-state index contributed by atoms with van der Waals surface area (Å²) >= 11 is 0. The largest absolute Gasteiger partial charge is 0.512 e. The molecule has 0 unspecified atom stereocenters. The number of nitrogens with zero attached hydrogens (tertiary/aromatic N) is 1.